The molecule has 0 aliphatic carbocycles. The molecule has 10 nitrogen and oxygen atoms in total. The van der Waals surface area contributed by atoms with Gasteiger partial charge in [0.05, 0.1) is 25.1 Å². The van der Waals surface area contributed by atoms with Gasteiger partial charge >= 0.3 is 0 Å². The summed E-state index contributed by atoms with van der Waals surface area (Å²) in [6.07, 6.45) is -0.680. The van der Waals surface area contributed by atoms with Gasteiger partial charge < -0.3 is 20.1 Å². The van der Waals surface area contributed by atoms with Crippen LogP contribution in [0.1, 0.15) is 0 Å². The maximum Gasteiger partial charge on any atom is 0.178 e. The largest absolute Gasteiger partial charge is 0.394 e. The Morgan fingerprint density at radius 3 is 3.00 bits per heavy atom. The van der Waals surface area contributed by atoms with Gasteiger partial charge in [0.2, 0.25) is 0 Å². The molecule has 4 aliphatic rings. The van der Waals surface area contributed by atoms with Gasteiger partial charge in [0.15, 0.2) is 6.23 Å². The van der Waals surface area contributed by atoms with Gasteiger partial charge in [0, 0.05) is 0 Å². The van der Waals surface area contributed by atoms with Crippen LogP contribution in [0.2, 0.25) is 0 Å². The molecule has 0 radical (unpaired) electrons. The van der Waals surface area contributed by atoms with Crippen LogP contribution in [0, 0.1) is 5.41 Å². The predicted molar refractivity (Wildman–Crippen MR) is 74.9 cm³/mol. The molecule has 10 heteroatoms. The molecule has 1 fully saturated rings. The first kappa shape index (κ1) is 13.9. The van der Waals surface area contributed by atoms with Crippen LogP contribution in [0.4, 0.5) is 0 Å². The van der Waals surface area contributed by atoms with E-state index in [1.54, 1.807) is 10.0 Å². The van der Waals surface area contributed by atoms with Crippen LogP contribution >= 0.6 is 0 Å². The zero-order chi connectivity index (χ0) is 15.5. The second-order valence-electron chi connectivity index (χ2n) is 5.93. The second-order valence-corrected chi connectivity index (χ2v) is 5.93. The van der Waals surface area contributed by atoms with Crippen molar-refractivity contribution in [1.29, 1.82) is 0 Å². The summed E-state index contributed by atoms with van der Waals surface area (Å²) in [4.78, 5) is 8.52. The SMILES string of the molecule is NN1CC23C=C1NN([C@@H]1O[C@H](CO)[C@@H](O)[C@H]1O)C2=NC=NC3. The molecule has 5 atom stereocenters. The van der Waals surface area contributed by atoms with Crippen molar-refractivity contribution in [2.24, 2.45) is 21.2 Å². The molecule has 0 aromatic rings. The van der Waals surface area contributed by atoms with Gasteiger partial charge in [-0.15, -0.1) is 0 Å². The third-order valence-corrected chi connectivity index (χ3v) is 4.49. The molecule has 0 saturated carbocycles. The first-order valence-corrected chi connectivity index (χ1v) is 7.06. The molecule has 4 rings (SSSR count). The van der Waals surface area contributed by atoms with Gasteiger partial charge in [-0.05, 0) is 6.08 Å². The normalized spacial score (nSPS) is 42.9. The molecule has 0 amide bonds. The first-order valence-electron chi connectivity index (χ1n) is 7.06. The molecule has 0 aromatic carbocycles. The molecule has 4 aliphatic heterocycles. The monoisotopic (exact) mass is 310 g/mol. The summed E-state index contributed by atoms with van der Waals surface area (Å²) in [5, 5.41) is 32.5. The number of aliphatic imine (C=N–C) groups is 2. The third-order valence-electron chi connectivity index (χ3n) is 4.49. The minimum atomic E-state index is -1.19. The molecular formula is C12H18N6O4. The number of hydrogen-bond donors (Lipinski definition) is 5. The third kappa shape index (κ3) is 1.72. The lowest BCUT2D eigenvalue weighted by Crippen LogP contribution is -2.60. The van der Waals surface area contributed by atoms with Crippen molar-refractivity contribution in [2.75, 3.05) is 19.7 Å². The van der Waals surface area contributed by atoms with Crippen molar-refractivity contribution in [2.45, 2.75) is 24.5 Å². The Balaban J connectivity index is 1.70. The number of amidine groups is 1. The smallest absolute Gasteiger partial charge is 0.178 e. The lowest BCUT2D eigenvalue weighted by atomic mass is 9.86. The van der Waals surface area contributed by atoms with E-state index in [-0.39, 0.29) is 6.61 Å². The Kier molecular flexibility index (Phi) is 2.93. The maximum atomic E-state index is 10.2. The van der Waals surface area contributed by atoms with Crippen LogP contribution in [0.5, 0.6) is 0 Å². The maximum absolute atomic E-state index is 10.2. The molecule has 1 saturated heterocycles. The fourth-order valence-electron chi connectivity index (χ4n) is 3.36. The molecule has 1 spiro atoms. The number of rotatable bonds is 2. The van der Waals surface area contributed by atoms with E-state index in [0.29, 0.717) is 24.7 Å². The number of nitrogens with zero attached hydrogens (tertiary/aromatic N) is 4. The van der Waals surface area contributed by atoms with Crippen molar-refractivity contribution in [3.05, 3.63) is 11.9 Å². The lowest BCUT2D eigenvalue weighted by molar-refractivity contribution is -0.0872. The Morgan fingerprint density at radius 1 is 1.45 bits per heavy atom. The number of nitrogens with two attached hydrogens (primary N) is 1. The van der Waals surface area contributed by atoms with Crippen molar-refractivity contribution < 1.29 is 20.1 Å². The Hall–Kier alpha value is -1.72. The van der Waals surface area contributed by atoms with Crippen LogP contribution in [-0.4, -0.2) is 81.7 Å². The van der Waals surface area contributed by atoms with Gasteiger partial charge in [-0.2, -0.15) is 0 Å². The minimum Gasteiger partial charge on any atom is -0.394 e. The predicted octanol–water partition coefficient (Wildman–Crippen LogP) is -3.30. The molecule has 1 unspecified atom stereocenters. The van der Waals surface area contributed by atoms with E-state index in [0.717, 1.165) is 0 Å². The van der Waals surface area contributed by atoms with E-state index >= 15 is 0 Å². The molecule has 2 bridgehead atoms. The van der Waals surface area contributed by atoms with E-state index in [9.17, 15) is 15.3 Å². The highest BCUT2D eigenvalue weighted by atomic mass is 16.6. The summed E-state index contributed by atoms with van der Waals surface area (Å²) >= 11 is 0. The van der Waals surface area contributed by atoms with E-state index in [1.165, 1.54) is 6.34 Å². The lowest BCUT2D eigenvalue weighted by Gasteiger charge is -2.41. The van der Waals surface area contributed by atoms with Gasteiger partial charge in [-0.25, -0.2) is 15.8 Å². The summed E-state index contributed by atoms with van der Waals surface area (Å²) in [5.74, 6) is 7.25. The molecule has 22 heavy (non-hydrogen) atoms. The summed E-state index contributed by atoms with van der Waals surface area (Å²) in [6, 6.07) is 0. The zero-order valence-corrected chi connectivity index (χ0v) is 11.7. The molecule has 6 N–H and O–H groups in total. The summed E-state index contributed by atoms with van der Waals surface area (Å²) in [6.45, 7) is 0.625. The van der Waals surface area contributed by atoms with Crippen molar-refractivity contribution in [3.63, 3.8) is 0 Å². The van der Waals surface area contributed by atoms with Gasteiger partial charge in [-0.3, -0.25) is 15.4 Å². The molecule has 120 valence electrons. The van der Waals surface area contributed by atoms with Crippen molar-refractivity contribution in [1.82, 2.24) is 15.4 Å². The number of ether oxygens (including phenoxy) is 1. The van der Waals surface area contributed by atoms with E-state index in [2.05, 4.69) is 15.4 Å². The summed E-state index contributed by atoms with van der Waals surface area (Å²) in [5.41, 5.74) is 2.57. The standard InChI is InChI=1S/C12H18N6O4/c13-17-4-12-1-7(17)16-18(11(12)15-5-14-3-12)10-9(21)8(20)6(2-19)22-10/h1,5-6,8-10,16,19-21H,2-4,13H2/t6-,8-,9-,10-,12?/m1/s1. The number of hydrogen-bond acceptors (Lipinski definition) is 10. The highest BCUT2D eigenvalue weighted by Gasteiger charge is 2.54. The van der Waals surface area contributed by atoms with E-state index in [1.807, 2.05) is 6.08 Å². The van der Waals surface area contributed by atoms with Crippen LogP contribution in [0.3, 0.4) is 0 Å². The van der Waals surface area contributed by atoms with Gasteiger partial charge in [-0.1, -0.05) is 0 Å². The number of aliphatic hydroxyl groups excluding tert-OH is 3. The van der Waals surface area contributed by atoms with E-state index in [4.69, 9.17) is 10.6 Å². The van der Waals surface area contributed by atoms with Gasteiger partial charge in [0.1, 0.15) is 36.3 Å². The average molecular weight is 310 g/mol. The number of hydrazine groups is 2. The Labute approximate surface area is 126 Å². The van der Waals surface area contributed by atoms with Crippen molar-refractivity contribution >= 4 is 12.2 Å². The zero-order valence-electron chi connectivity index (χ0n) is 11.7. The van der Waals surface area contributed by atoms with Crippen LogP contribution in [-0.2, 0) is 4.74 Å². The second kappa shape index (κ2) is 4.64. The van der Waals surface area contributed by atoms with E-state index < -0.39 is 30.0 Å². The quantitative estimate of drug-likeness (QED) is 0.334. The molecule has 4 heterocycles. The summed E-state index contributed by atoms with van der Waals surface area (Å²) in [7, 11) is 0. The van der Waals surface area contributed by atoms with Crippen LogP contribution in [0.25, 0.3) is 0 Å². The number of aliphatic hydroxyl groups is 3. The van der Waals surface area contributed by atoms with Crippen LogP contribution < -0.4 is 11.3 Å². The molecular weight excluding hydrogens is 292 g/mol. The summed E-state index contributed by atoms with van der Waals surface area (Å²) < 4.78 is 5.58. The first-order chi connectivity index (χ1) is 10.6. The Bertz CT molecular complexity index is 580. The number of nitrogens with one attached hydrogen (secondary N) is 1. The van der Waals surface area contributed by atoms with Gasteiger partial charge in [0.25, 0.3) is 0 Å². The topological polar surface area (TPSA) is 139 Å². The fraction of sp³-hybridized carbons (Fsp3) is 0.667. The highest BCUT2D eigenvalue weighted by Crippen LogP contribution is 2.39. The Morgan fingerprint density at radius 2 is 2.27 bits per heavy atom. The highest BCUT2D eigenvalue weighted by molar-refractivity contribution is 5.98. The molecule has 0 aromatic heterocycles. The van der Waals surface area contributed by atoms with Crippen molar-refractivity contribution in [3.8, 4) is 0 Å². The fourth-order valence-corrected chi connectivity index (χ4v) is 3.36. The average Bonchev–Trinajstić information content (AvgIpc) is 2.93. The minimum absolute atomic E-state index is 0.382. The van der Waals surface area contributed by atoms with Crippen LogP contribution in [0.15, 0.2) is 21.9 Å².